The number of rotatable bonds is 3. The van der Waals surface area contributed by atoms with Crippen LogP contribution >= 0.6 is 0 Å². The van der Waals surface area contributed by atoms with Crippen molar-refractivity contribution >= 4 is 0 Å². The van der Waals surface area contributed by atoms with Crippen LogP contribution in [-0.2, 0) is 6.42 Å². The van der Waals surface area contributed by atoms with Gasteiger partial charge in [-0.25, -0.2) is 0 Å². The molecule has 2 heteroatoms. The number of hydrogen-bond acceptors (Lipinski definition) is 2. The zero-order valence-corrected chi connectivity index (χ0v) is 13.5. The molecule has 0 aliphatic heterocycles. The molecule has 0 bridgehead atoms. The smallest absolute Gasteiger partial charge is 0.0448 e. The van der Waals surface area contributed by atoms with Crippen molar-refractivity contribution in [2.24, 2.45) is 23.0 Å². The van der Waals surface area contributed by atoms with Crippen LogP contribution in [0.2, 0.25) is 0 Å². The third-order valence-corrected chi connectivity index (χ3v) is 5.15. The summed E-state index contributed by atoms with van der Waals surface area (Å²) in [5.41, 5.74) is 9.36. The molecule has 1 heterocycles. The predicted molar refractivity (Wildman–Crippen MR) is 85.6 cm³/mol. The van der Waals surface area contributed by atoms with Gasteiger partial charge in [-0.3, -0.25) is 4.98 Å². The molecule has 2 nitrogen and oxygen atoms in total. The third kappa shape index (κ3) is 3.82. The highest BCUT2D eigenvalue weighted by Crippen LogP contribution is 2.40. The summed E-state index contributed by atoms with van der Waals surface area (Å²) in [6.45, 7) is 9.24. The average Bonchev–Trinajstić information content (AvgIpc) is 2.40. The number of hydrogen-bond donors (Lipinski definition) is 1. The number of aryl methyl sites for hydroxylation is 1. The van der Waals surface area contributed by atoms with Crippen LogP contribution in [0, 0.1) is 24.2 Å². The van der Waals surface area contributed by atoms with Gasteiger partial charge in [0.05, 0.1) is 0 Å². The molecule has 2 rings (SSSR count). The zero-order chi connectivity index (χ0) is 14.8. The van der Waals surface area contributed by atoms with Crippen molar-refractivity contribution < 1.29 is 0 Å². The lowest BCUT2D eigenvalue weighted by Gasteiger charge is -2.38. The van der Waals surface area contributed by atoms with Crippen LogP contribution in [0.1, 0.15) is 57.7 Å². The van der Waals surface area contributed by atoms with Crippen molar-refractivity contribution in [3.8, 4) is 0 Å². The molecule has 0 aromatic carbocycles. The molecule has 0 saturated heterocycles. The molecule has 1 unspecified atom stereocenters. The fourth-order valence-corrected chi connectivity index (χ4v) is 3.54. The Morgan fingerprint density at radius 1 is 1.25 bits per heavy atom. The molecule has 1 fully saturated rings. The lowest BCUT2D eigenvalue weighted by molar-refractivity contribution is 0.139. The minimum Gasteiger partial charge on any atom is -0.327 e. The molecular formula is C18H30N2. The van der Waals surface area contributed by atoms with Crippen LogP contribution in [-0.4, -0.2) is 11.0 Å². The molecule has 0 amide bonds. The number of pyridine rings is 1. The van der Waals surface area contributed by atoms with E-state index in [1.165, 1.54) is 36.9 Å². The molecule has 1 aromatic rings. The average molecular weight is 274 g/mol. The van der Waals surface area contributed by atoms with Gasteiger partial charge in [0.15, 0.2) is 0 Å². The minimum atomic E-state index is 0.268. The van der Waals surface area contributed by atoms with Gasteiger partial charge in [0.2, 0.25) is 0 Å². The van der Waals surface area contributed by atoms with E-state index in [0.717, 1.165) is 12.3 Å². The van der Waals surface area contributed by atoms with E-state index in [4.69, 9.17) is 5.73 Å². The van der Waals surface area contributed by atoms with E-state index in [1.807, 2.05) is 12.3 Å². The third-order valence-electron chi connectivity index (χ3n) is 5.15. The largest absolute Gasteiger partial charge is 0.327 e. The molecule has 0 radical (unpaired) electrons. The molecule has 1 aromatic heterocycles. The van der Waals surface area contributed by atoms with E-state index in [2.05, 4.69) is 38.7 Å². The van der Waals surface area contributed by atoms with Crippen molar-refractivity contribution in [1.29, 1.82) is 0 Å². The van der Waals surface area contributed by atoms with Gasteiger partial charge >= 0.3 is 0 Å². The van der Waals surface area contributed by atoms with Gasteiger partial charge in [0, 0.05) is 24.4 Å². The van der Waals surface area contributed by atoms with Gasteiger partial charge in [-0.2, -0.15) is 0 Å². The Morgan fingerprint density at radius 3 is 2.45 bits per heavy atom. The molecule has 1 saturated carbocycles. The van der Waals surface area contributed by atoms with Crippen molar-refractivity contribution in [1.82, 2.24) is 4.98 Å². The second kappa shape index (κ2) is 6.26. The first-order valence-corrected chi connectivity index (χ1v) is 8.04. The van der Waals surface area contributed by atoms with Gasteiger partial charge in [-0.1, -0.05) is 26.8 Å². The second-order valence-electron chi connectivity index (χ2n) is 7.61. The summed E-state index contributed by atoms with van der Waals surface area (Å²) in [6, 6.07) is 4.40. The number of nitrogens with two attached hydrogens (primary N) is 1. The Labute approximate surface area is 124 Å². The Morgan fingerprint density at radius 2 is 1.90 bits per heavy atom. The SMILES string of the molecule is Cc1cccnc1CC(N)C1CCC(C(C)(C)C)CC1. The fraction of sp³-hybridized carbons (Fsp3) is 0.722. The molecule has 1 aliphatic rings. The summed E-state index contributed by atoms with van der Waals surface area (Å²) in [7, 11) is 0. The monoisotopic (exact) mass is 274 g/mol. The summed E-state index contributed by atoms with van der Waals surface area (Å²) >= 11 is 0. The summed E-state index contributed by atoms with van der Waals surface area (Å²) in [6.07, 6.45) is 8.05. The van der Waals surface area contributed by atoms with Crippen LogP contribution in [0.25, 0.3) is 0 Å². The van der Waals surface area contributed by atoms with Crippen molar-refractivity contribution in [2.75, 3.05) is 0 Å². The number of nitrogens with zero attached hydrogens (tertiary/aromatic N) is 1. The molecule has 1 atom stereocenters. The van der Waals surface area contributed by atoms with Gasteiger partial charge in [0.1, 0.15) is 0 Å². The Hall–Kier alpha value is -0.890. The van der Waals surface area contributed by atoms with E-state index in [0.29, 0.717) is 11.3 Å². The quantitative estimate of drug-likeness (QED) is 0.900. The Bertz CT molecular complexity index is 425. The van der Waals surface area contributed by atoms with Crippen LogP contribution in [0.4, 0.5) is 0 Å². The summed E-state index contributed by atoms with van der Waals surface area (Å²) in [4.78, 5) is 4.49. The van der Waals surface area contributed by atoms with Gasteiger partial charge < -0.3 is 5.73 Å². The van der Waals surface area contributed by atoms with E-state index in [1.54, 1.807) is 0 Å². The van der Waals surface area contributed by atoms with Crippen molar-refractivity contribution in [3.63, 3.8) is 0 Å². The zero-order valence-electron chi connectivity index (χ0n) is 13.5. The van der Waals surface area contributed by atoms with Gasteiger partial charge in [0.25, 0.3) is 0 Å². The number of aromatic nitrogens is 1. The topological polar surface area (TPSA) is 38.9 Å². The maximum absolute atomic E-state index is 6.46. The van der Waals surface area contributed by atoms with E-state index >= 15 is 0 Å². The van der Waals surface area contributed by atoms with Gasteiger partial charge in [-0.05, 0) is 61.5 Å². The molecule has 0 spiro atoms. The van der Waals surface area contributed by atoms with Gasteiger partial charge in [-0.15, -0.1) is 0 Å². The highest BCUT2D eigenvalue weighted by Gasteiger charge is 2.31. The lowest BCUT2D eigenvalue weighted by Crippen LogP contribution is -2.37. The first-order chi connectivity index (χ1) is 9.38. The first-order valence-electron chi connectivity index (χ1n) is 8.04. The molecule has 1 aliphatic carbocycles. The van der Waals surface area contributed by atoms with Crippen molar-refractivity contribution in [3.05, 3.63) is 29.6 Å². The molecule has 112 valence electrons. The van der Waals surface area contributed by atoms with Crippen LogP contribution < -0.4 is 5.73 Å². The molecule has 2 N–H and O–H groups in total. The van der Waals surface area contributed by atoms with E-state index in [9.17, 15) is 0 Å². The Balaban J connectivity index is 1.89. The van der Waals surface area contributed by atoms with Crippen LogP contribution in [0.15, 0.2) is 18.3 Å². The van der Waals surface area contributed by atoms with E-state index in [-0.39, 0.29) is 6.04 Å². The maximum atomic E-state index is 6.46. The molecular weight excluding hydrogens is 244 g/mol. The lowest BCUT2D eigenvalue weighted by atomic mass is 9.68. The highest BCUT2D eigenvalue weighted by molar-refractivity contribution is 5.18. The molecule has 20 heavy (non-hydrogen) atoms. The standard InChI is InChI=1S/C18H30N2/c1-13-6-5-11-20-17(13)12-16(19)14-7-9-15(10-8-14)18(2,3)4/h5-6,11,14-16H,7-10,12,19H2,1-4H3. The van der Waals surface area contributed by atoms with Crippen LogP contribution in [0.3, 0.4) is 0 Å². The summed E-state index contributed by atoms with van der Waals surface area (Å²) < 4.78 is 0. The first kappa shape index (κ1) is 15.5. The van der Waals surface area contributed by atoms with Crippen LogP contribution in [0.5, 0.6) is 0 Å². The predicted octanol–water partition coefficient (Wildman–Crippen LogP) is 4.11. The van der Waals surface area contributed by atoms with Crippen molar-refractivity contribution in [2.45, 2.75) is 65.8 Å². The fourth-order valence-electron chi connectivity index (χ4n) is 3.54. The minimum absolute atomic E-state index is 0.268. The summed E-state index contributed by atoms with van der Waals surface area (Å²) in [5.74, 6) is 1.54. The van der Waals surface area contributed by atoms with E-state index < -0.39 is 0 Å². The normalized spacial score (nSPS) is 25.4. The summed E-state index contributed by atoms with van der Waals surface area (Å²) in [5, 5.41) is 0. The Kier molecular flexibility index (Phi) is 4.85. The maximum Gasteiger partial charge on any atom is 0.0448 e. The highest BCUT2D eigenvalue weighted by atomic mass is 14.7. The second-order valence-corrected chi connectivity index (χ2v) is 7.61.